The molecule has 0 aliphatic carbocycles. The fraction of sp³-hybridized carbons (Fsp3) is 0.208. The Balaban J connectivity index is 1.92. The largest absolute Gasteiger partial charge is 0.340 e. The summed E-state index contributed by atoms with van der Waals surface area (Å²) in [5.74, 6) is -0.311. The summed E-state index contributed by atoms with van der Waals surface area (Å²) in [5, 5.41) is 0.501. The molecule has 1 amide bonds. The minimum atomic E-state index is -3.95. The molecule has 162 valence electrons. The van der Waals surface area contributed by atoms with Crippen LogP contribution in [0.25, 0.3) is 0 Å². The van der Waals surface area contributed by atoms with Crippen molar-refractivity contribution < 1.29 is 13.2 Å². The van der Waals surface area contributed by atoms with E-state index in [2.05, 4.69) is 0 Å². The molecule has 0 aliphatic rings. The van der Waals surface area contributed by atoms with Gasteiger partial charge in [-0.1, -0.05) is 59.6 Å². The number of hydrogen-bond donors (Lipinski definition) is 0. The van der Waals surface area contributed by atoms with E-state index in [0.29, 0.717) is 22.8 Å². The van der Waals surface area contributed by atoms with Gasteiger partial charge in [0.1, 0.15) is 6.54 Å². The number of likely N-dealkylation sites (N-methyl/N-ethyl adjacent to an activating group) is 1. The van der Waals surface area contributed by atoms with Crippen LogP contribution in [0.3, 0.4) is 0 Å². The van der Waals surface area contributed by atoms with Gasteiger partial charge >= 0.3 is 0 Å². The van der Waals surface area contributed by atoms with E-state index in [1.54, 1.807) is 50.4 Å². The summed E-state index contributed by atoms with van der Waals surface area (Å²) in [5.41, 5.74) is 3.20. The molecule has 7 heteroatoms. The smallest absolute Gasteiger partial charge is 0.264 e. The number of rotatable bonds is 7. The molecular formula is C24H25ClN2O3S. The molecule has 0 fully saturated rings. The minimum Gasteiger partial charge on any atom is -0.340 e. The van der Waals surface area contributed by atoms with Crippen LogP contribution >= 0.6 is 11.6 Å². The highest BCUT2D eigenvalue weighted by atomic mass is 35.5. The van der Waals surface area contributed by atoms with Crippen LogP contribution in [-0.4, -0.2) is 32.8 Å². The molecular weight excluding hydrogens is 432 g/mol. The predicted molar refractivity (Wildman–Crippen MR) is 125 cm³/mol. The zero-order valence-electron chi connectivity index (χ0n) is 17.7. The number of amides is 1. The zero-order chi connectivity index (χ0) is 22.6. The van der Waals surface area contributed by atoms with E-state index in [0.717, 1.165) is 15.4 Å². The maximum Gasteiger partial charge on any atom is 0.264 e. The van der Waals surface area contributed by atoms with E-state index in [-0.39, 0.29) is 17.3 Å². The number of aryl methyl sites for hydroxylation is 2. The Hall–Kier alpha value is -2.83. The highest BCUT2D eigenvalue weighted by Crippen LogP contribution is 2.29. The maximum absolute atomic E-state index is 13.4. The molecule has 0 aromatic heterocycles. The van der Waals surface area contributed by atoms with Crippen molar-refractivity contribution in [2.45, 2.75) is 25.3 Å². The van der Waals surface area contributed by atoms with E-state index in [1.807, 2.05) is 31.2 Å². The van der Waals surface area contributed by atoms with Gasteiger partial charge in [0.25, 0.3) is 10.0 Å². The summed E-state index contributed by atoms with van der Waals surface area (Å²) >= 11 is 6.07. The van der Waals surface area contributed by atoms with Gasteiger partial charge < -0.3 is 4.90 Å². The van der Waals surface area contributed by atoms with Crippen molar-refractivity contribution in [3.8, 4) is 0 Å². The molecule has 31 heavy (non-hydrogen) atoms. The molecule has 0 radical (unpaired) electrons. The number of hydrogen-bond acceptors (Lipinski definition) is 3. The van der Waals surface area contributed by atoms with Crippen LogP contribution in [0.2, 0.25) is 5.02 Å². The zero-order valence-corrected chi connectivity index (χ0v) is 19.3. The second-order valence-corrected chi connectivity index (χ2v) is 9.79. The molecule has 5 nitrogen and oxygen atoms in total. The van der Waals surface area contributed by atoms with Crippen LogP contribution in [0, 0.1) is 13.8 Å². The molecule has 0 atom stereocenters. The third kappa shape index (κ3) is 5.46. The first-order valence-electron chi connectivity index (χ1n) is 9.82. The van der Waals surface area contributed by atoms with Crippen LogP contribution in [-0.2, 0) is 21.4 Å². The van der Waals surface area contributed by atoms with Crippen molar-refractivity contribution in [3.05, 3.63) is 94.5 Å². The average Bonchev–Trinajstić information content (AvgIpc) is 2.74. The molecule has 3 aromatic rings. The van der Waals surface area contributed by atoms with Crippen LogP contribution < -0.4 is 4.31 Å². The van der Waals surface area contributed by atoms with Gasteiger partial charge in [-0.2, -0.15) is 0 Å². The summed E-state index contributed by atoms with van der Waals surface area (Å²) in [7, 11) is -2.28. The maximum atomic E-state index is 13.4. The van der Waals surface area contributed by atoms with Gasteiger partial charge in [-0.25, -0.2) is 8.42 Å². The van der Waals surface area contributed by atoms with Gasteiger partial charge in [0.2, 0.25) is 5.91 Å². The highest BCUT2D eigenvalue weighted by Gasteiger charge is 2.29. The lowest BCUT2D eigenvalue weighted by atomic mass is 10.1. The van der Waals surface area contributed by atoms with E-state index in [4.69, 9.17) is 11.6 Å². The lowest BCUT2D eigenvalue weighted by molar-refractivity contribution is -0.128. The SMILES string of the molecule is Cc1ccc(CN(C)C(=O)CN(c2ccc(Cl)cc2C)S(=O)(=O)c2ccccc2)cc1. The van der Waals surface area contributed by atoms with Crippen LogP contribution in [0.4, 0.5) is 5.69 Å². The Labute approximate surface area is 188 Å². The Morgan fingerprint density at radius 2 is 1.58 bits per heavy atom. The predicted octanol–water partition coefficient (Wildman–Crippen LogP) is 4.81. The molecule has 0 saturated heterocycles. The lowest BCUT2D eigenvalue weighted by Gasteiger charge is -2.28. The Kier molecular flexibility index (Phi) is 7.03. The fourth-order valence-electron chi connectivity index (χ4n) is 3.22. The molecule has 0 heterocycles. The molecule has 0 saturated carbocycles. The molecule has 0 aliphatic heterocycles. The number of sulfonamides is 1. The van der Waals surface area contributed by atoms with E-state index in [1.165, 1.54) is 17.0 Å². The number of benzene rings is 3. The molecule has 0 unspecified atom stereocenters. The van der Waals surface area contributed by atoms with Gasteiger partial charge in [-0.3, -0.25) is 9.10 Å². The third-order valence-corrected chi connectivity index (χ3v) is 7.01. The van der Waals surface area contributed by atoms with Crippen molar-refractivity contribution in [1.29, 1.82) is 0 Å². The van der Waals surface area contributed by atoms with Gasteiger partial charge in [0.15, 0.2) is 0 Å². The first kappa shape index (κ1) is 22.8. The second-order valence-electron chi connectivity index (χ2n) is 7.49. The van der Waals surface area contributed by atoms with Crippen LogP contribution in [0.15, 0.2) is 77.7 Å². The van der Waals surface area contributed by atoms with Crippen LogP contribution in [0.1, 0.15) is 16.7 Å². The number of carbonyl (C=O) groups is 1. The lowest BCUT2D eigenvalue weighted by Crippen LogP contribution is -2.41. The quantitative estimate of drug-likeness (QED) is 0.512. The summed E-state index contributed by atoms with van der Waals surface area (Å²) in [6.45, 7) is 3.84. The minimum absolute atomic E-state index is 0.123. The number of carbonyl (C=O) groups excluding carboxylic acids is 1. The fourth-order valence-corrected chi connectivity index (χ4v) is 4.94. The monoisotopic (exact) mass is 456 g/mol. The highest BCUT2D eigenvalue weighted by molar-refractivity contribution is 7.92. The summed E-state index contributed by atoms with van der Waals surface area (Å²) in [4.78, 5) is 14.7. The topological polar surface area (TPSA) is 57.7 Å². The van der Waals surface area contributed by atoms with E-state index in [9.17, 15) is 13.2 Å². The van der Waals surface area contributed by atoms with Crippen molar-refractivity contribution in [2.24, 2.45) is 0 Å². The Morgan fingerprint density at radius 1 is 0.935 bits per heavy atom. The van der Waals surface area contributed by atoms with Crippen molar-refractivity contribution in [2.75, 3.05) is 17.9 Å². The standard InChI is InChI=1S/C24H25ClN2O3S/c1-18-9-11-20(12-10-18)16-26(3)24(28)17-27(23-14-13-21(25)15-19(23)2)31(29,30)22-7-5-4-6-8-22/h4-15H,16-17H2,1-3H3. The van der Waals surface area contributed by atoms with Gasteiger partial charge in [-0.05, 0) is 55.3 Å². The van der Waals surface area contributed by atoms with Gasteiger partial charge in [0.05, 0.1) is 10.6 Å². The molecule has 0 bridgehead atoms. The Morgan fingerprint density at radius 3 is 2.19 bits per heavy atom. The van der Waals surface area contributed by atoms with Gasteiger partial charge in [0, 0.05) is 18.6 Å². The van der Waals surface area contributed by atoms with E-state index < -0.39 is 10.0 Å². The van der Waals surface area contributed by atoms with E-state index >= 15 is 0 Å². The van der Waals surface area contributed by atoms with Gasteiger partial charge in [-0.15, -0.1) is 0 Å². The molecule has 3 aromatic carbocycles. The second kappa shape index (κ2) is 9.54. The number of anilines is 1. The molecule has 0 spiro atoms. The number of halogens is 1. The average molecular weight is 457 g/mol. The first-order valence-corrected chi connectivity index (χ1v) is 11.6. The molecule has 3 rings (SSSR count). The van der Waals surface area contributed by atoms with Crippen molar-refractivity contribution in [3.63, 3.8) is 0 Å². The first-order chi connectivity index (χ1) is 14.7. The third-order valence-electron chi connectivity index (χ3n) is 5.00. The summed E-state index contributed by atoms with van der Waals surface area (Å²) in [6.07, 6.45) is 0. The Bertz CT molecular complexity index is 1160. The molecule has 0 N–H and O–H groups in total. The normalized spacial score (nSPS) is 11.2. The summed E-state index contributed by atoms with van der Waals surface area (Å²) in [6, 6.07) is 20.9. The number of nitrogens with zero attached hydrogens (tertiary/aromatic N) is 2. The van der Waals surface area contributed by atoms with Crippen molar-refractivity contribution in [1.82, 2.24) is 4.90 Å². The van der Waals surface area contributed by atoms with Crippen LogP contribution in [0.5, 0.6) is 0 Å². The van der Waals surface area contributed by atoms with Crippen molar-refractivity contribution >= 4 is 33.2 Å². The summed E-state index contributed by atoms with van der Waals surface area (Å²) < 4.78 is 28.0.